The molecular formula is C23H25ClN2O4S. The van der Waals surface area contributed by atoms with Gasteiger partial charge in [-0.25, -0.2) is 8.42 Å². The topological polar surface area (TPSA) is 83.6 Å². The van der Waals surface area contributed by atoms with Gasteiger partial charge < -0.3 is 0 Å². The number of hydrogen-bond acceptors (Lipinski definition) is 4. The van der Waals surface area contributed by atoms with E-state index < -0.39 is 10.0 Å². The highest BCUT2D eigenvalue weighted by molar-refractivity contribution is 7.92. The zero-order valence-electron chi connectivity index (χ0n) is 17.5. The maximum atomic E-state index is 13.1. The minimum absolute atomic E-state index is 0.0821. The van der Waals surface area contributed by atoms with Crippen LogP contribution in [0.5, 0.6) is 0 Å². The zero-order valence-corrected chi connectivity index (χ0v) is 19.1. The fourth-order valence-electron chi connectivity index (χ4n) is 4.50. The number of aryl methyl sites for hydroxylation is 2. The Kier molecular flexibility index (Phi) is 5.83. The lowest BCUT2D eigenvalue weighted by Crippen LogP contribution is -2.30. The maximum absolute atomic E-state index is 13.1. The van der Waals surface area contributed by atoms with E-state index in [2.05, 4.69) is 4.72 Å². The fraction of sp³-hybridized carbons (Fsp3) is 0.391. The van der Waals surface area contributed by atoms with Crippen LogP contribution >= 0.6 is 11.6 Å². The highest BCUT2D eigenvalue weighted by Gasteiger charge is 2.47. The number of nitrogens with zero attached hydrogens (tertiary/aromatic N) is 1. The van der Waals surface area contributed by atoms with Gasteiger partial charge in [-0.2, -0.15) is 0 Å². The van der Waals surface area contributed by atoms with Gasteiger partial charge in [0.2, 0.25) is 11.8 Å². The number of likely N-dealkylation sites (tertiary alicyclic amines) is 1. The molecule has 0 spiro atoms. The minimum Gasteiger partial charge on any atom is -0.278 e. The molecule has 0 radical (unpaired) electrons. The van der Waals surface area contributed by atoms with Crippen molar-refractivity contribution in [2.75, 3.05) is 4.72 Å². The van der Waals surface area contributed by atoms with Crippen LogP contribution in [0.2, 0.25) is 5.02 Å². The van der Waals surface area contributed by atoms with Crippen molar-refractivity contribution in [1.82, 2.24) is 4.90 Å². The number of fused-ring (bicyclic) bond motifs is 1. The van der Waals surface area contributed by atoms with Crippen molar-refractivity contribution < 1.29 is 18.0 Å². The second-order valence-corrected chi connectivity index (χ2v) is 10.5. The molecule has 2 amide bonds. The molecule has 0 bridgehead atoms. The third-order valence-corrected chi connectivity index (χ3v) is 8.00. The average molecular weight is 461 g/mol. The first-order valence-electron chi connectivity index (χ1n) is 10.4. The second kappa shape index (κ2) is 8.28. The number of sulfonamides is 1. The number of benzene rings is 2. The van der Waals surface area contributed by atoms with Gasteiger partial charge in [0.25, 0.3) is 10.0 Å². The van der Waals surface area contributed by atoms with Crippen molar-refractivity contribution in [3.8, 4) is 0 Å². The Morgan fingerprint density at radius 3 is 2.26 bits per heavy atom. The normalized spacial score (nSPS) is 21.3. The van der Waals surface area contributed by atoms with Crippen LogP contribution in [0.15, 0.2) is 41.3 Å². The van der Waals surface area contributed by atoms with Crippen LogP contribution < -0.4 is 4.72 Å². The Hall–Kier alpha value is -2.38. The summed E-state index contributed by atoms with van der Waals surface area (Å²) < 4.78 is 28.7. The van der Waals surface area contributed by atoms with E-state index in [0.29, 0.717) is 21.8 Å². The molecule has 1 heterocycles. The van der Waals surface area contributed by atoms with Crippen molar-refractivity contribution in [2.24, 2.45) is 11.8 Å². The largest absolute Gasteiger partial charge is 0.278 e. The first-order valence-corrected chi connectivity index (χ1v) is 12.3. The standard InChI is InChI=1S/C23H25ClN2O4S/c1-14-7-10-20(19(24)11-14)25-31(29,30)21-12-16(9-8-15(21)2)13-26-22(27)17-5-3-4-6-18(17)23(26)28/h7-12,17-18,25H,3-6,13H2,1-2H3/t17-,18-/m1/s1. The number of hydrogen-bond donors (Lipinski definition) is 1. The first-order chi connectivity index (χ1) is 14.7. The SMILES string of the molecule is Cc1ccc(NS(=O)(=O)c2cc(CN3C(=O)[C@@H]4CCCC[C@H]4C3=O)ccc2C)c(Cl)c1. The van der Waals surface area contributed by atoms with Crippen LogP contribution in [0, 0.1) is 25.7 Å². The molecule has 1 N–H and O–H groups in total. The number of anilines is 1. The Balaban J connectivity index is 1.60. The van der Waals surface area contributed by atoms with E-state index in [1.165, 1.54) is 11.0 Å². The van der Waals surface area contributed by atoms with Crippen LogP contribution in [-0.4, -0.2) is 25.1 Å². The molecule has 1 saturated carbocycles. The summed E-state index contributed by atoms with van der Waals surface area (Å²) in [5.74, 6) is -0.714. The molecular weight excluding hydrogens is 436 g/mol. The molecule has 0 unspecified atom stereocenters. The third-order valence-electron chi connectivity index (χ3n) is 6.18. The van der Waals surface area contributed by atoms with E-state index in [9.17, 15) is 18.0 Å². The van der Waals surface area contributed by atoms with Gasteiger partial charge in [-0.1, -0.05) is 42.6 Å². The van der Waals surface area contributed by atoms with Crippen molar-refractivity contribution in [3.63, 3.8) is 0 Å². The number of nitrogens with one attached hydrogen (secondary N) is 1. The molecule has 6 nitrogen and oxygen atoms in total. The van der Waals surface area contributed by atoms with Crippen LogP contribution in [0.4, 0.5) is 5.69 Å². The highest BCUT2D eigenvalue weighted by atomic mass is 35.5. The van der Waals surface area contributed by atoms with Gasteiger partial charge in [0.05, 0.1) is 34.0 Å². The maximum Gasteiger partial charge on any atom is 0.262 e. The molecule has 2 aliphatic rings. The summed E-state index contributed by atoms with van der Waals surface area (Å²) in [6.45, 7) is 3.66. The van der Waals surface area contributed by atoms with Crippen LogP contribution in [0.1, 0.15) is 42.4 Å². The predicted molar refractivity (Wildman–Crippen MR) is 119 cm³/mol. The van der Waals surface area contributed by atoms with Crippen molar-refractivity contribution in [3.05, 3.63) is 58.1 Å². The van der Waals surface area contributed by atoms with Gasteiger partial charge >= 0.3 is 0 Å². The van der Waals surface area contributed by atoms with Crippen molar-refractivity contribution in [2.45, 2.75) is 51.0 Å². The molecule has 31 heavy (non-hydrogen) atoms. The van der Waals surface area contributed by atoms with Gasteiger partial charge in [0.15, 0.2) is 0 Å². The lowest BCUT2D eigenvalue weighted by Gasteiger charge is -2.19. The number of carbonyl (C=O) groups is 2. The predicted octanol–water partition coefficient (Wildman–Crippen LogP) is 4.43. The molecule has 2 atom stereocenters. The molecule has 2 fully saturated rings. The highest BCUT2D eigenvalue weighted by Crippen LogP contribution is 2.38. The molecule has 1 saturated heterocycles. The molecule has 164 valence electrons. The summed E-state index contributed by atoms with van der Waals surface area (Å²) in [6.07, 6.45) is 3.43. The van der Waals surface area contributed by atoms with E-state index in [1.54, 1.807) is 37.3 Å². The molecule has 1 aliphatic heterocycles. The second-order valence-electron chi connectivity index (χ2n) is 8.45. The number of rotatable bonds is 5. The van der Waals surface area contributed by atoms with Gasteiger partial charge in [-0.15, -0.1) is 0 Å². The number of amides is 2. The lowest BCUT2D eigenvalue weighted by molar-refractivity contribution is -0.140. The van der Waals surface area contributed by atoms with Crippen LogP contribution in [0.3, 0.4) is 0 Å². The summed E-state index contributed by atoms with van der Waals surface area (Å²) in [5.41, 5.74) is 2.38. The average Bonchev–Trinajstić information content (AvgIpc) is 2.96. The van der Waals surface area contributed by atoms with E-state index >= 15 is 0 Å². The Morgan fingerprint density at radius 2 is 1.65 bits per heavy atom. The van der Waals surface area contributed by atoms with Crippen molar-refractivity contribution >= 4 is 39.1 Å². The van der Waals surface area contributed by atoms with E-state index in [1.807, 2.05) is 6.92 Å². The first kappa shape index (κ1) is 21.8. The Bertz CT molecular complexity index is 1140. The quantitative estimate of drug-likeness (QED) is 0.669. The van der Waals surface area contributed by atoms with Crippen LogP contribution in [-0.2, 0) is 26.2 Å². The summed E-state index contributed by atoms with van der Waals surface area (Å²) in [7, 11) is -3.91. The molecule has 0 aromatic heterocycles. The van der Waals surface area contributed by atoms with Gasteiger partial charge in [-0.3, -0.25) is 19.2 Å². The number of halogens is 1. The van der Waals surface area contributed by atoms with Crippen LogP contribution in [0.25, 0.3) is 0 Å². The number of imide groups is 1. The molecule has 8 heteroatoms. The number of carbonyl (C=O) groups excluding carboxylic acids is 2. The smallest absolute Gasteiger partial charge is 0.262 e. The van der Waals surface area contributed by atoms with E-state index in [0.717, 1.165) is 31.2 Å². The fourth-order valence-corrected chi connectivity index (χ4v) is 6.22. The summed E-state index contributed by atoms with van der Waals surface area (Å²) >= 11 is 6.19. The lowest BCUT2D eigenvalue weighted by atomic mass is 9.81. The summed E-state index contributed by atoms with van der Waals surface area (Å²) in [4.78, 5) is 26.9. The Labute approximate surface area is 187 Å². The minimum atomic E-state index is -3.91. The monoisotopic (exact) mass is 460 g/mol. The summed E-state index contributed by atoms with van der Waals surface area (Å²) in [6, 6.07) is 10.1. The Morgan fingerprint density at radius 1 is 1.00 bits per heavy atom. The third kappa shape index (κ3) is 4.21. The molecule has 1 aliphatic carbocycles. The summed E-state index contributed by atoms with van der Waals surface area (Å²) in [5, 5.41) is 0.313. The van der Waals surface area contributed by atoms with Gasteiger partial charge in [-0.05, 0) is 61.6 Å². The van der Waals surface area contributed by atoms with Gasteiger partial charge in [0.1, 0.15) is 0 Å². The van der Waals surface area contributed by atoms with Gasteiger partial charge in [0, 0.05) is 0 Å². The van der Waals surface area contributed by atoms with Crippen molar-refractivity contribution in [1.29, 1.82) is 0 Å². The zero-order chi connectivity index (χ0) is 22.3. The molecule has 2 aromatic rings. The van der Waals surface area contributed by atoms with E-state index in [4.69, 9.17) is 11.6 Å². The van der Waals surface area contributed by atoms with E-state index in [-0.39, 0.29) is 35.1 Å². The molecule has 4 rings (SSSR count). The molecule has 2 aromatic carbocycles.